The smallest absolute Gasteiger partial charge is 0.252 e. The Morgan fingerprint density at radius 3 is 1.19 bits per heavy atom. The quantitative estimate of drug-likeness (QED) is 0.0614. The lowest BCUT2D eigenvalue weighted by Crippen LogP contribution is -2.57. The topological polar surface area (TPSA) is 134 Å². The van der Waals surface area contributed by atoms with Gasteiger partial charge in [0, 0.05) is 32.9 Å². The van der Waals surface area contributed by atoms with Gasteiger partial charge in [0.1, 0.15) is 36.1 Å². The lowest BCUT2D eigenvalue weighted by molar-refractivity contribution is -0.179. The van der Waals surface area contributed by atoms with Gasteiger partial charge in [0.2, 0.25) is 20.0 Å². The molecule has 2 amide bonds. The van der Waals surface area contributed by atoms with Crippen LogP contribution in [0.3, 0.4) is 0 Å². The summed E-state index contributed by atoms with van der Waals surface area (Å²) in [5, 5.41) is 0.950. The predicted molar refractivity (Wildman–Crippen MR) is 329 cm³/mol. The fourth-order valence-electron chi connectivity index (χ4n) is 11.1. The number of rotatable bonds is 22. The number of amides is 2. The number of anilines is 2. The molecule has 2 aliphatic carbocycles. The number of para-hydroxylation sites is 2. The van der Waals surface area contributed by atoms with Crippen molar-refractivity contribution in [2.24, 2.45) is 0 Å². The largest absolute Gasteiger partial charge is 0.358 e. The molecule has 2 saturated heterocycles. The molecule has 2 aliphatic heterocycles. The van der Waals surface area contributed by atoms with Crippen LogP contribution in [0.2, 0.25) is 20.1 Å². The van der Waals surface area contributed by atoms with Crippen LogP contribution in [-0.2, 0) is 39.1 Å². The van der Waals surface area contributed by atoms with E-state index in [0.717, 1.165) is 30.9 Å². The number of hydrogen-bond donors (Lipinski definition) is 0. The summed E-state index contributed by atoms with van der Waals surface area (Å²) >= 11 is 25.2. The number of morpholine rings is 2. The summed E-state index contributed by atoms with van der Waals surface area (Å²) in [7, 11) is -7.75. The molecule has 20 heteroatoms. The molecule has 6 aromatic carbocycles. The first kappa shape index (κ1) is 62.7. The fourth-order valence-corrected chi connectivity index (χ4v) is 15.6. The van der Waals surface area contributed by atoms with Crippen LogP contribution in [0, 0.1) is 11.6 Å². The average Bonchev–Trinajstić information content (AvgIpc) is 1.89. The van der Waals surface area contributed by atoms with Crippen molar-refractivity contribution in [1.29, 1.82) is 0 Å². The summed E-state index contributed by atoms with van der Waals surface area (Å²) in [6.45, 7) is 11.2. The summed E-state index contributed by atoms with van der Waals surface area (Å²) in [5.74, 6) is -1.87. The second-order valence-electron chi connectivity index (χ2n) is 21.3. The molecule has 4 fully saturated rings. The van der Waals surface area contributed by atoms with Crippen molar-refractivity contribution in [1.82, 2.24) is 9.80 Å². The molecular formula is C64H66Cl4F2N4O8S2. The maximum Gasteiger partial charge on any atom is 0.252 e. The minimum absolute atomic E-state index is 0.0272. The van der Waals surface area contributed by atoms with Gasteiger partial charge in [-0.2, -0.15) is 0 Å². The number of halogens is 6. The highest BCUT2D eigenvalue weighted by Crippen LogP contribution is 2.48. The van der Waals surface area contributed by atoms with E-state index in [1.807, 2.05) is 62.4 Å². The number of hydrogen-bond acceptors (Lipinski definition) is 8. The van der Waals surface area contributed by atoms with Crippen LogP contribution < -0.4 is 8.61 Å². The van der Waals surface area contributed by atoms with Crippen LogP contribution in [0.5, 0.6) is 0 Å². The number of carbonyl (C=O) groups is 2. The van der Waals surface area contributed by atoms with E-state index in [-0.39, 0.29) is 49.1 Å². The molecule has 0 radical (unpaired) electrons. The molecule has 0 spiro atoms. The molecule has 84 heavy (non-hydrogen) atoms. The van der Waals surface area contributed by atoms with Gasteiger partial charge >= 0.3 is 0 Å². The van der Waals surface area contributed by atoms with Gasteiger partial charge < -0.3 is 19.3 Å². The zero-order valence-corrected chi connectivity index (χ0v) is 51.1. The zero-order chi connectivity index (χ0) is 60.0. The van der Waals surface area contributed by atoms with Crippen LogP contribution in [-0.4, -0.2) is 86.3 Å². The first-order valence-electron chi connectivity index (χ1n) is 28.0. The molecule has 10 rings (SSSR count). The number of nitrogens with zero attached hydrogens (tertiary/aromatic N) is 4. The molecule has 2 unspecified atom stereocenters. The van der Waals surface area contributed by atoms with Crippen molar-refractivity contribution in [3.8, 4) is 0 Å². The lowest BCUT2D eigenvalue weighted by Gasteiger charge is -2.49. The van der Waals surface area contributed by atoms with Crippen LogP contribution in [0.1, 0.15) is 112 Å². The molecule has 8 atom stereocenters. The Balaban J connectivity index is 0.000000202. The van der Waals surface area contributed by atoms with Gasteiger partial charge in [-0.15, -0.1) is 13.2 Å². The molecule has 6 aromatic rings. The third kappa shape index (κ3) is 13.9. The second-order valence-corrected chi connectivity index (χ2v) is 27.3. The number of sulfonamides is 2. The van der Waals surface area contributed by atoms with Crippen molar-refractivity contribution in [3.63, 3.8) is 0 Å². The Morgan fingerprint density at radius 2 is 0.881 bits per heavy atom. The van der Waals surface area contributed by atoms with Crippen molar-refractivity contribution in [2.75, 3.05) is 21.7 Å². The number of carbonyl (C=O) groups excluding carboxylic acids is 2. The molecular weight excluding hydrogens is 1200 g/mol. The van der Waals surface area contributed by atoms with Crippen LogP contribution >= 0.6 is 46.4 Å². The monoisotopic (exact) mass is 1260 g/mol. The Hall–Kier alpha value is -5.82. The summed E-state index contributed by atoms with van der Waals surface area (Å²) in [4.78, 5) is 32.0. The normalized spacial score (nSPS) is 21.7. The van der Waals surface area contributed by atoms with Gasteiger partial charge in [0.15, 0.2) is 0 Å². The van der Waals surface area contributed by atoms with E-state index in [2.05, 4.69) is 13.2 Å². The first-order valence-corrected chi connectivity index (χ1v) is 32.5. The van der Waals surface area contributed by atoms with E-state index < -0.39 is 90.8 Å². The Labute approximate surface area is 511 Å². The number of ether oxygens (including phenoxy) is 2. The van der Waals surface area contributed by atoms with Crippen molar-refractivity contribution in [3.05, 3.63) is 225 Å². The molecule has 4 aliphatic rings. The highest BCUT2D eigenvalue weighted by Gasteiger charge is 2.51. The maximum absolute atomic E-state index is 15.1. The fraction of sp³-hybridized carbons (Fsp3) is 0.344. The van der Waals surface area contributed by atoms with Crippen LogP contribution in [0.25, 0.3) is 0 Å². The molecule has 12 nitrogen and oxygen atoms in total. The number of benzene rings is 6. The van der Waals surface area contributed by atoms with Crippen molar-refractivity contribution in [2.45, 2.75) is 124 Å². The SMILES string of the molecule is C=CC[C@@H]1O[C@H](c2cccc(Cl)c2)[C@@H](c2ccc(Cl)cc2)N(C(CC)CN(c2ccccc2F)S(=O)(=O)C2CC2)C1=O.C=CC[C@H]1O[C@H](c2cccc(Cl)c2)[C@@H](c2ccc(Cl)cc2)N(C(CC)CN(c2ccccc2F)S(=O)(=O)C2CC2)C1=O. The van der Waals surface area contributed by atoms with E-state index in [4.69, 9.17) is 55.9 Å². The summed E-state index contributed by atoms with van der Waals surface area (Å²) in [6.07, 6.45) is 3.68. The Kier molecular flexibility index (Phi) is 20.3. The van der Waals surface area contributed by atoms with E-state index in [9.17, 15) is 26.4 Å². The molecule has 0 N–H and O–H groups in total. The lowest BCUT2D eigenvalue weighted by atomic mass is 9.89. The Morgan fingerprint density at radius 1 is 0.524 bits per heavy atom. The summed E-state index contributed by atoms with van der Waals surface area (Å²) < 4.78 is 100. The van der Waals surface area contributed by atoms with E-state index in [0.29, 0.717) is 58.6 Å². The summed E-state index contributed by atoms with van der Waals surface area (Å²) in [6, 6.07) is 38.1. The Bertz CT molecular complexity index is 3330. The van der Waals surface area contributed by atoms with Crippen molar-refractivity contribution < 1.29 is 44.7 Å². The third-order valence-corrected chi connectivity index (χ3v) is 21.1. The van der Waals surface area contributed by atoms with E-state index in [1.165, 1.54) is 36.4 Å². The van der Waals surface area contributed by atoms with Gasteiger partial charge in [-0.05, 0) is 134 Å². The molecule has 0 bridgehead atoms. The maximum atomic E-state index is 15.1. The van der Waals surface area contributed by atoms with Gasteiger partial charge in [-0.25, -0.2) is 25.6 Å². The molecule has 2 saturated carbocycles. The van der Waals surface area contributed by atoms with Crippen molar-refractivity contribution >= 4 is 89.6 Å². The average molecular weight is 1260 g/mol. The third-order valence-electron chi connectivity index (χ3n) is 15.6. The van der Waals surface area contributed by atoms with E-state index >= 15 is 8.78 Å². The van der Waals surface area contributed by atoms with Gasteiger partial charge in [0.05, 0.1) is 59.1 Å². The second kappa shape index (κ2) is 27.3. The van der Waals surface area contributed by atoms with Gasteiger partial charge in [0.25, 0.3) is 11.8 Å². The molecule has 0 aromatic heterocycles. The highest BCUT2D eigenvalue weighted by atomic mass is 35.5. The minimum atomic E-state index is -3.87. The molecule has 2 heterocycles. The minimum Gasteiger partial charge on any atom is -0.358 e. The van der Waals surface area contributed by atoms with Gasteiger partial charge in [-0.3, -0.25) is 18.2 Å². The zero-order valence-electron chi connectivity index (χ0n) is 46.4. The standard InChI is InChI=1S/2C32H33Cl2FN2O4S/c2*1-3-8-29-32(38)37(25(4-2)20-36(42(39,40)26-17-18-26)28-12-6-5-11-27(28)35)30(21-13-15-23(33)16-14-21)31(41-29)22-9-7-10-24(34)19-22/h2*3,5-7,9-16,19,25-26,29-31H,1,4,8,17-18,20H2,2H3/t25?,29-,30+,31+;25?,29-,30-,31-/m01/s1. The van der Waals surface area contributed by atoms with Gasteiger partial charge in [-0.1, -0.05) is 145 Å². The highest BCUT2D eigenvalue weighted by molar-refractivity contribution is 7.94. The summed E-state index contributed by atoms with van der Waals surface area (Å²) in [5.41, 5.74) is 2.99. The predicted octanol–water partition coefficient (Wildman–Crippen LogP) is 15.0. The molecule has 444 valence electrons. The van der Waals surface area contributed by atoms with E-state index in [1.54, 1.807) is 82.6 Å². The first-order chi connectivity index (χ1) is 40.3. The van der Waals surface area contributed by atoms with Crippen LogP contribution in [0.15, 0.2) is 171 Å². The van der Waals surface area contributed by atoms with Crippen LogP contribution in [0.4, 0.5) is 20.2 Å².